The van der Waals surface area contributed by atoms with Gasteiger partial charge in [0.1, 0.15) is 17.5 Å². The van der Waals surface area contributed by atoms with E-state index >= 15 is 0 Å². The molecule has 2 saturated carbocycles. The summed E-state index contributed by atoms with van der Waals surface area (Å²) in [5.41, 5.74) is 0.554. The zero-order chi connectivity index (χ0) is 30.3. The number of Topliss-reactive ketones (excluding diaryl/α,β-unsaturated/α-hetero) is 1. The Balaban J connectivity index is 1.22. The predicted molar refractivity (Wildman–Crippen MR) is 159 cm³/mol. The van der Waals surface area contributed by atoms with Crippen LogP contribution in [0.2, 0.25) is 0 Å². The molecule has 0 N–H and O–H groups in total. The minimum absolute atomic E-state index is 0.00362. The lowest BCUT2D eigenvalue weighted by molar-refractivity contribution is -0.159. The van der Waals surface area contributed by atoms with Crippen LogP contribution in [0, 0.1) is 29.6 Å². The van der Waals surface area contributed by atoms with E-state index in [-0.39, 0.29) is 57.0 Å². The summed E-state index contributed by atoms with van der Waals surface area (Å²) in [7, 11) is 1.50. The second-order valence-electron chi connectivity index (χ2n) is 11.4. The molecular formula is C31H31Br2NO8. The summed E-state index contributed by atoms with van der Waals surface area (Å²) in [5, 5.41) is 0. The topological polar surface area (TPSA) is 116 Å². The number of amides is 2. The average Bonchev–Trinajstić information content (AvgIpc) is 3.59. The van der Waals surface area contributed by atoms with Crippen molar-refractivity contribution in [3.8, 4) is 11.5 Å². The lowest BCUT2D eigenvalue weighted by Crippen LogP contribution is -2.48. The number of halogens is 2. The molecule has 2 amide bonds. The number of hydrogen-bond acceptors (Lipinski definition) is 8. The molecule has 11 heteroatoms. The summed E-state index contributed by atoms with van der Waals surface area (Å²) in [6, 6.07) is 11.3. The van der Waals surface area contributed by atoms with Crippen molar-refractivity contribution in [3.05, 3.63) is 59.7 Å². The number of carbonyl (C=O) groups is 5. The molecule has 7 atom stereocenters. The van der Waals surface area contributed by atoms with Gasteiger partial charge >= 0.3 is 11.9 Å². The van der Waals surface area contributed by atoms with Crippen LogP contribution in [0.3, 0.4) is 0 Å². The van der Waals surface area contributed by atoms with E-state index in [0.29, 0.717) is 11.3 Å². The molecule has 1 aliphatic heterocycles. The highest BCUT2D eigenvalue weighted by Gasteiger charge is 2.67. The van der Waals surface area contributed by atoms with Crippen LogP contribution in [0.25, 0.3) is 0 Å². The highest BCUT2D eigenvalue weighted by Crippen LogP contribution is 2.60. The van der Waals surface area contributed by atoms with Gasteiger partial charge in [0.25, 0.3) is 0 Å². The van der Waals surface area contributed by atoms with Gasteiger partial charge in [-0.3, -0.25) is 19.3 Å². The number of carbonyl (C=O) groups excluding carboxylic acids is 5. The van der Waals surface area contributed by atoms with Crippen molar-refractivity contribution in [2.45, 2.75) is 42.4 Å². The standard InChI is InChI=1S/C31H31Br2NO8/c1-15(2)11-22(34-28(36)24-20-13-21(25(24)29(34)37)27(33)26(20)32)31(39)41-14-23(35)16-7-9-18(10-8-16)42-30(38)17-5-4-6-19(12-17)40-3/h4-10,12,15,20-22,24-27H,11,13-14H2,1-3H3. The van der Waals surface area contributed by atoms with Crippen LogP contribution in [0.4, 0.5) is 0 Å². The number of hydrogen-bond donors (Lipinski definition) is 0. The van der Waals surface area contributed by atoms with Gasteiger partial charge in [0.15, 0.2) is 12.4 Å². The molecule has 1 saturated heterocycles. The lowest BCUT2D eigenvalue weighted by atomic mass is 9.81. The van der Waals surface area contributed by atoms with E-state index in [2.05, 4.69) is 31.9 Å². The quantitative estimate of drug-likeness (QED) is 0.114. The summed E-state index contributed by atoms with van der Waals surface area (Å²) < 4.78 is 15.9. The summed E-state index contributed by atoms with van der Waals surface area (Å²) in [6.07, 6.45) is 1.03. The number of benzene rings is 2. The number of alkyl halides is 2. The van der Waals surface area contributed by atoms with Gasteiger partial charge in [-0.15, -0.1) is 0 Å². The van der Waals surface area contributed by atoms with Crippen LogP contribution >= 0.6 is 31.9 Å². The van der Waals surface area contributed by atoms with Crippen molar-refractivity contribution >= 4 is 61.4 Å². The molecule has 2 bridgehead atoms. The van der Waals surface area contributed by atoms with E-state index in [1.807, 2.05) is 13.8 Å². The SMILES string of the molecule is COc1cccc(C(=O)Oc2ccc(C(=O)COC(=O)C(CC(C)C)N3C(=O)C4C5CC(C(Br)C5Br)C4C3=O)cc2)c1. The molecule has 3 fully saturated rings. The Morgan fingerprint density at radius 2 is 1.52 bits per heavy atom. The highest BCUT2D eigenvalue weighted by molar-refractivity contribution is 9.12. The number of rotatable bonds is 10. The first-order valence-corrected chi connectivity index (χ1v) is 15.7. The molecule has 2 aromatic carbocycles. The van der Waals surface area contributed by atoms with Crippen LogP contribution in [0.15, 0.2) is 48.5 Å². The van der Waals surface area contributed by atoms with Crippen molar-refractivity contribution in [2.24, 2.45) is 29.6 Å². The van der Waals surface area contributed by atoms with Crippen molar-refractivity contribution in [1.29, 1.82) is 0 Å². The molecule has 42 heavy (non-hydrogen) atoms. The minimum atomic E-state index is -1.09. The van der Waals surface area contributed by atoms with Gasteiger partial charge in [-0.2, -0.15) is 0 Å². The smallest absolute Gasteiger partial charge is 0.343 e. The maximum Gasteiger partial charge on any atom is 0.343 e. The maximum atomic E-state index is 13.5. The first kappa shape index (κ1) is 30.4. The fourth-order valence-corrected chi connectivity index (χ4v) is 8.25. The fraction of sp³-hybridized carbons (Fsp3) is 0.452. The zero-order valence-electron chi connectivity index (χ0n) is 23.3. The van der Waals surface area contributed by atoms with Crippen LogP contribution in [0.1, 0.15) is 47.4 Å². The van der Waals surface area contributed by atoms with Gasteiger partial charge < -0.3 is 14.2 Å². The Kier molecular flexibility index (Phi) is 8.89. The van der Waals surface area contributed by atoms with E-state index in [0.717, 1.165) is 11.3 Å². The number of nitrogens with zero attached hydrogens (tertiary/aromatic N) is 1. The van der Waals surface area contributed by atoms with Gasteiger partial charge in [0, 0.05) is 15.2 Å². The van der Waals surface area contributed by atoms with Gasteiger partial charge in [-0.25, -0.2) is 9.59 Å². The first-order chi connectivity index (χ1) is 20.0. The number of fused-ring (bicyclic) bond motifs is 5. The van der Waals surface area contributed by atoms with Crippen LogP contribution in [0.5, 0.6) is 11.5 Å². The summed E-state index contributed by atoms with van der Waals surface area (Å²) >= 11 is 7.36. The molecule has 0 radical (unpaired) electrons. The number of likely N-dealkylation sites (tertiary alicyclic amines) is 1. The normalized spacial score (nSPS) is 26.8. The third kappa shape index (κ3) is 5.65. The molecule has 9 nitrogen and oxygen atoms in total. The molecule has 3 aliphatic rings. The zero-order valence-corrected chi connectivity index (χ0v) is 26.5. The second kappa shape index (κ2) is 12.3. The molecular weight excluding hydrogens is 674 g/mol. The first-order valence-electron chi connectivity index (χ1n) is 13.8. The summed E-state index contributed by atoms with van der Waals surface area (Å²) in [6.45, 7) is 3.23. The Labute approximate surface area is 260 Å². The summed E-state index contributed by atoms with van der Waals surface area (Å²) in [4.78, 5) is 66.9. The van der Waals surface area contributed by atoms with Gasteiger partial charge in [0.2, 0.25) is 11.8 Å². The molecule has 7 unspecified atom stereocenters. The maximum absolute atomic E-state index is 13.5. The van der Waals surface area contributed by atoms with E-state index in [1.165, 1.54) is 31.4 Å². The van der Waals surface area contributed by atoms with Crippen molar-refractivity contribution in [2.75, 3.05) is 13.7 Å². The molecule has 0 aromatic heterocycles. The Bertz CT molecular complexity index is 1380. The van der Waals surface area contributed by atoms with Crippen LogP contribution < -0.4 is 9.47 Å². The average molecular weight is 705 g/mol. The molecule has 1 heterocycles. The molecule has 2 aromatic rings. The lowest BCUT2D eigenvalue weighted by Gasteiger charge is -2.28. The highest BCUT2D eigenvalue weighted by atomic mass is 79.9. The number of ether oxygens (including phenoxy) is 3. The van der Waals surface area contributed by atoms with Crippen molar-refractivity contribution in [1.82, 2.24) is 4.90 Å². The van der Waals surface area contributed by atoms with E-state index < -0.39 is 42.2 Å². The third-order valence-corrected chi connectivity index (χ3v) is 11.5. The predicted octanol–water partition coefficient (Wildman–Crippen LogP) is 4.83. The number of esters is 2. The van der Waals surface area contributed by atoms with E-state index in [1.54, 1.807) is 24.3 Å². The molecule has 5 rings (SSSR count). The fourth-order valence-electron chi connectivity index (χ4n) is 6.37. The van der Waals surface area contributed by atoms with E-state index in [4.69, 9.17) is 14.2 Å². The Morgan fingerprint density at radius 1 is 0.905 bits per heavy atom. The van der Waals surface area contributed by atoms with Gasteiger partial charge in [0.05, 0.1) is 24.5 Å². The third-order valence-electron chi connectivity index (χ3n) is 8.34. The van der Waals surface area contributed by atoms with Gasteiger partial charge in [-0.05, 0) is 73.1 Å². The molecule has 222 valence electrons. The number of ketones is 1. The molecule has 0 spiro atoms. The van der Waals surface area contributed by atoms with Crippen molar-refractivity contribution < 1.29 is 38.2 Å². The second-order valence-corrected chi connectivity index (χ2v) is 13.5. The Morgan fingerprint density at radius 3 is 2.10 bits per heavy atom. The summed E-state index contributed by atoms with van der Waals surface area (Å²) in [5.74, 6) is -2.57. The van der Waals surface area contributed by atoms with Crippen molar-refractivity contribution in [3.63, 3.8) is 0 Å². The monoisotopic (exact) mass is 703 g/mol. The minimum Gasteiger partial charge on any atom is -0.497 e. The largest absolute Gasteiger partial charge is 0.497 e. The van der Waals surface area contributed by atoms with Crippen LogP contribution in [-0.4, -0.2) is 63.8 Å². The van der Waals surface area contributed by atoms with Gasteiger partial charge in [-0.1, -0.05) is 51.8 Å². The number of methoxy groups -OCH3 is 1. The van der Waals surface area contributed by atoms with Crippen LogP contribution in [-0.2, 0) is 19.1 Å². The number of imide groups is 1. The van der Waals surface area contributed by atoms with E-state index in [9.17, 15) is 24.0 Å². The Hall–Kier alpha value is -3.05. The molecule has 2 aliphatic carbocycles.